The van der Waals surface area contributed by atoms with E-state index in [1.165, 1.54) is 0 Å². The number of piperidine rings is 1. The Morgan fingerprint density at radius 3 is 2.50 bits per heavy atom. The maximum atomic E-state index is 13.0. The van der Waals surface area contributed by atoms with Crippen molar-refractivity contribution >= 4 is 5.91 Å². The Bertz CT molecular complexity index is 1080. The first-order valence-corrected chi connectivity index (χ1v) is 9.69. The average Bonchev–Trinajstić information content (AvgIpc) is 2.75. The summed E-state index contributed by atoms with van der Waals surface area (Å²) in [6, 6.07) is 17.3. The van der Waals surface area contributed by atoms with Crippen LogP contribution in [0, 0.1) is 5.92 Å². The molecule has 5 nitrogen and oxygen atoms in total. The van der Waals surface area contributed by atoms with Crippen molar-refractivity contribution in [2.75, 3.05) is 13.1 Å². The number of aromatic nitrogens is 2. The number of rotatable bonds is 2. The smallest absolute Gasteiger partial charge is 0.253 e. The summed E-state index contributed by atoms with van der Waals surface area (Å²) < 4.78 is 1.94. The van der Waals surface area contributed by atoms with Crippen LogP contribution < -0.4 is 5.56 Å². The molecule has 2 aliphatic rings. The van der Waals surface area contributed by atoms with E-state index >= 15 is 0 Å². The normalized spacial score (nSPS) is 20.5. The van der Waals surface area contributed by atoms with Gasteiger partial charge in [-0.3, -0.25) is 14.6 Å². The van der Waals surface area contributed by atoms with Gasteiger partial charge in [-0.1, -0.05) is 30.3 Å². The molecule has 0 N–H and O–H groups in total. The molecule has 1 saturated heterocycles. The number of carbonyl (C=O) groups excluding carboxylic acids is 1. The van der Waals surface area contributed by atoms with Gasteiger partial charge in [0.05, 0.1) is 0 Å². The van der Waals surface area contributed by atoms with Crippen LogP contribution >= 0.6 is 0 Å². The van der Waals surface area contributed by atoms with E-state index in [-0.39, 0.29) is 17.4 Å². The molecule has 0 spiro atoms. The standard InChI is InChI=1S/C23H21N3O2/c27-21-7-6-20(17-4-2-1-3-5-17)22-19-12-16(14-26(21)22)13-25(15-19)23(28)18-8-10-24-11-9-18/h1-11,16,19H,12-15H2/t16-,19-/m0/s1. The number of hydrogen-bond donors (Lipinski definition) is 0. The Morgan fingerprint density at radius 1 is 0.929 bits per heavy atom. The lowest BCUT2D eigenvalue weighted by Gasteiger charge is -2.43. The molecule has 5 rings (SSSR count). The minimum absolute atomic E-state index is 0.0464. The summed E-state index contributed by atoms with van der Waals surface area (Å²) in [4.78, 5) is 31.5. The van der Waals surface area contributed by atoms with Crippen LogP contribution in [-0.2, 0) is 6.54 Å². The number of carbonyl (C=O) groups is 1. The van der Waals surface area contributed by atoms with Crippen molar-refractivity contribution in [3.63, 3.8) is 0 Å². The number of likely N-dealkylation sites (tertiary alicyclic amines) is 1. The maximum absolute atomic E-state index is 13.0. The zero-order chi connectivity index (χ0) is 19.1. The largest absolute Gasteiger partial charge is 0.338 e. The zero-order valence-electron chi connectivity index (χ0n) is 15.5. The van der Waals surface area contributed by atoms with Gasteiger partial charge in [-0.2, -0.15) is 0 Å². The van der Waals surface area contributed by atoms with Gasteiger partial charge in [0, 0.05) is 60.8 Å². The molecule has 0 saturated carbocycles. The van der Waals surface area contributed by atoms with Crippen molar-refractivity contribution in [3.8, 4) is 11.1 Å². The molecule has 140 valence electrons. The van der Waals surface area contributed by atoms with Crippen molar-refractivity contribution in [1.82, 2.24) is 14.5 Å². The Morgan fingerprint density at radius 2 is 1.71 bits per heavy atom. The molecule has 2 atom stereocenters. The van der Waals surface area contributed by atoms with Gasteiger partial charge in [-0.25, -0.2) is 0 Å². The highest BCUT2D eigenvalue weighted by Crippen LogP contribution is 2.40. The fourth-order valence-electron chi connectivity index (χ4n) is 4.72. The molecule has 28 heavy (non-hydrogen) atoms. The van der Waals surface area contributed by atoms with E-state index in [9.17, 15) is 9.59 Å². The van der Waals surface area contributed by atoms with Gasteiger partial charge in [0.1, 0.15) is 0 Å². The number of fused-ring (bicyclic) bond motifs is 4. The molecule has 5 heteroatoms. The quantitative estimate of drug-likeness (QED) is 0.695. The number of hydrogen-bond acceptors (Lipinski definition) is 3. The van der Waals surface area contributed by atoms with Gasteiger partial charge in [0.25, 0.3) is 11.5 Å². The summed E-state index contributed by atoms with van der Waals surface area (Å²) in [5.41, 5.74) is 4.01. The van der Waals surface area contributed by atoms with E-state index in [1.54, 1.807) is 30.6 Å². The predicted octanol–water partition coefficient (Wildman–Crippen LogP) is 3.17. The number of pyridine rings is 2. The second-order valence-electron chi connectivity index (χ2n) is 7.69. The van der Waals surface area contributed by atoms with Crippen LogP contribution in [0.3, 0.4) is 0 Å². The minimum Gasteiger partial charge on any atom is -0.338 e. The molecular formula is C23H21N3O2. The summed E-state index contributed by atoms with van der Waals surface area (Å²) in [6.07, 6.45) is 4.32. The van der Waals surface area contributed by atoms with Crippen LogP contribution in [0.25, 0.3) is 11.1 Å². The molecule has 4 heterocycles. The SMILES string of the molecule is O=C(c1ccncc1)N1C[C@@H]2C[C@@H](C1)c1c(-c3ccccc3)ccc(=O)n1C2. The number of amides is 1. The molecule has 1 fully saturated rings. The summed E-state index contributed by atoms with van der Waals surface area (Å²) in [6.45, 7) is 2.01. The minimum atomic E-state index is 0.0464. The molecule has 0 aliphatic carbocycles. The van der Waals surface area contributed by atoms with E-state index in [4.69, 9.17) is 0 Å². The number of nitrogens with zero attached hydrogens (tertiary/aromatic N) is 3. The summed E-state index contributed by atoms with van der Waals surface area (Å²) in [5, 5.41) is 0. The van der Waals surface area contributed by atoms with Gasteiger partial charge in [0.2, 0.25) is 0 Å². The van der Waals surface area contributed by atoms with Gasteiger partial charge in [0.15, 0.2) is 0 Å². The third kappa shape index (κ3) is 2.83. The van der Waals surface area contributed by atoms with Crippen LogP contribution in [0.1, 0.15) is 28.4 Å². The second kappa shape index (κ2) is 6.75. The van der Waals surface area contributed by atoms with Crippen LogP contribution in [0.2, 0.25) is 0 Å². The fourth-order valence-corrected chi connectivity index (χ4v) is 4.72. The first-order valence-electron chi connectivity index (χ1n) is 9.69. The van der Waals surface area contributed by atoms with Crippen LogP contribution in [0.4, 0.5) is 0 Å². The number of benzene rings is 1. The molecular weight excluding hydrogens is 350 g/mol. The Kier molecular flexibility index (Phi) is 4.08. The second-order valence-corrected chi connectivity index (χ2v) is 7.69. The highest BCUT2D eigenvalue weighted by Gasteiger charge is 2.38. The maximum Gasteiger partial charge on any atom is 0.253 e. The van der Waals surface area contributed by atoms with E-state index in [0.717, 1.165) is 23.2 Å². The first kappa shape index (κ1) is 16.9. The van der Waals surface area contributed by atoms with E-state index in [2.05, 4.69) is 17.1 Å². The van der Waals surface area contributed by atoms with Crippen molar-refractivity contribution in [3.05, 3.63) is 88.6 Å². The average molecular weight is 371 g/mol. The van der Waals surface area contributed by atoms with Crippen LogP contribution in [0.15, 0.2) is 71.8 Å². The van der Waals surface area contributed by atoms with Crippen LogP contribution in [0.5, 0.6) is 0 Å². The lowest BCUT2D eigenvalue weighted by Crippen LogP contribution is -2.49. The molecule has 3 aromatic rings. The third-order valence-corrected chi connectivity index (χ3v) is 5.89. The van der Waals surface area contributed by atoms with Gasteiger partial charge >= 0.3 is 0 Å². The summed E-state index contributed by atoms with van der Waals surface area (Å²) in [7, 11) is 0. The van der Waals surface area contributed by atoms with Crippen molar-refractivity contribution in [2.24, 2.45) is 5.92 Å². The van der Waals surface area contributed by atoms with E-state index < -0.39 is 0 Å². The van der Waals surface area contributed by atoms with E-state index in [0.29, 0.717) is 31.1 Å². The highest BCUT2D eigenvalue weighted by molar-refractivity contribution is 5.94. The molecule has 2 bridgehead atoms. The van der Waals surface area contributed by atoms with Crippen molar-refractivity contribution < 1.29 is 4.79 Å². The van der Waals surface area contributed by atoms with Gasteiger partial charge < -0.3 is 9.47 Å². The summed E-state index contributed by atoms with van der Waals surface area (Å²) >= 11 is 0. The predicted molar refractivity (Wildman–Crippen MR) is 107 cm³/mol. The molecule has 1 aromatic carbocycles. The topological polar surface area (TPSA) is 55.2 Å². The fraction of sp³-hybridized carbons (Fsp3) is 0.261. The lowest BCUT2D eigenvalue weighted by atomic mass is 9.80. The van der Waals surface area contributed by atoms with Gasteiger partial charge in [-0.05, 0) is 36.1 Å². The molecule has 0 radical (unpaired) electrons. The summed E-state index contributed by atoms with van der Waals surface area (Å²) in [5.74, 6) is 0.522. The lowest BCUT2D eigenvalue weighted by molar-refractivity contribution is 0.0595. The van der Waals surface area contributed by atoms with Gasteiger partial charge in [-0.15, -0.1) is 0 Å². The van der Waals surface area contributed by atoms with E-state index in [1.807, 2.05) is 33.7 Å². The molecule has 2 aromatic heterocycles. The highest BCUT2D eigenvalue weighted by atomic mass is 16.2. The third-order valence-electron chi connectivity index (χ3n) is 5.89. The monoisotopic (exact) mass is 371 g/mol. The molecule has 0 unspecified atom stereocenters. The Hall–Kier alpha value is -3.21. The Labute approximate surface area is 163 Å². The van der Waals surface area contributed by atoms with Crippen molar-refractivity contribution in [1.29, 1.82) is 0 Å². The van der Waals surface area contributed by atoms with Crippen LogP contribution in [-0.4, -0.2) is 33.4 Å². The Balaban J connectivity index is 1.55. The first-order chi connectivity index (χ1) is 13.7. The van der Waals surface area contributed by atoms with Crippen molar-refractivity contribution in [2.45, 2.75) is 18.9 Å². The molecule has 1 amide bonds. The zero-order valence-corrected chi connectivity index (χ0v) is 15.5. The molecule has 2 aliphatic heterocycles.